The van der Waals surface area contributed by atoms with Gasteiger partial charge in [-0.2, -0.15) is 0 Å². The summed E-state index contributed by atoms with van der Waals surface area (Å²) in [4.78, 5) is 24.4. The number of nitrogens with two attached hydrogens (primary N) is 1. The van der Waals surface area contributed by atoms with E-state index in [0.29, 0.717) is 5.69 Å². The first-order valence-corrected chi connectivity index (χ1v) is 8.61. The standard InChI is InChI=1S/C22H19NO5/c23-18-11-12-20(28-22(25)27-15-17-9-5-2-6-10-17)19(13-18)21(24)26-14-16-7-3-1-4-8-16/h1-13H,14-15,23H2. The molecule has 6 heteroatoms. The lowest BCUT2D eigenvalue weighted by Gasteiger charge is -2.11. The van der Waals surface area contributed by atoms with Gasteiger partial charge in [-0.1, -0.05) is 60.7 Å². The Balaban J connectivity index is 1.64. The lowest BCUT2D eigenvalue weighted by atomic mass is 10.2. The average Bonchev–Trinajstić information content (AvgIpc) is 2.73. The van der Waals surface area contributed by atoms with Gasteiger partial charge in [-0.05, 0) is 29.3 Å². The van der Waals surface area contributed by atoms with Crippen LogP contribution in [0.15, 0.2) is 78.9 Å². The fraction of sp³-hybridized carbons (Fsp3) is 0.0909. The number of benzene rings is 3. The number of esters is 1. The van der Waals surface area contributed by atoms with E-state index in [9.17, 15) is 9.59 Å². The minimum absolute atomic E-state index is 0.0188. The molecular weight excluding hydrogens is 358 g/mol. The van der Waals surface area contributed by atoms with Crippen LogP contribution in [0.25, 0.3) is 0 Å². The molecule has 3 aromatic carbocycles. The zero-order valence-electron chi connectivity index (χ0n) is 15.0. The van der Waals surface area contributed by atoms with Gasteiger partial charge in [0, 0.05) is 5.69 Å². The van der Waals surface area contributed by atoms with Crippen LogP contribution in [0, 0.1) is 0 Å². The summed E-state index contributed by atoms with van der Waals surface area (Å²) in [7, 11) is 0. The van der Waals surface area contributed by atoms with Gasteiger partial charge in [0.15, 0.2) is 0 Å². The summed E-state index contributed by atoms with van der Waals surface area (Å²) in [6, 6.07) is 22.8. The summed E-state index contributed by atoms with van der Waals surface area (Å²) >= 11 is 0. The van der Waals surface area contributed by atoms with Gasteiger partial charge < -0.3 is 19.9 Å². The van der Waals surface area contributed by atoms with Gasteiger partial charge in [0.2, 0.25) is 0 Å². The summed E-state index contributed by atoms with van der Waals surface area (Å²) in [6.07, 6.45) is -0.925. The van der Waals surface area contributed by atoms with Crippen molar-refractivity contribution in [2.24, 2.45) is 0 Å². The number of rotatable bonds is 6. The first-order valence-electron chi connectivity index (χ1n) is 8.61. The van der Waals surface area contributed by atoms with Crippen LogP contribution in [0.4, 0.5) is 10.5 Å². The van der Waals surface area contributed by atoms with Crippen LogP contribution < -0.4 is 10.5 Å². The monoisotopic (exact) mass is 377 g/mol. The molecule has 0 aromatic heterocycles. The quantitative estimate of drug-likeness (QED) is 0.390. The Labute approximate surface area is 162 Å². The minimum atomic E-state index is -0.925. The van der Waals surface area contributed by atoms with Crippen molar-refractivity contribution in [2.45, 2.75) is 13.2 Å². The van der Waals surface area contributed by atoms with Crippen LogP contribution in [0.1, 0.15) is 21.5 Å². The third kappa shape index (κ3) is 5.35. The minimum Gasteiger partial charge on any atom is -0.457 e. The molecule has 6 nitrogen and oxygen atoms in total. The number of anilines is 1. The largest absolute Gasteiger partial charge is 0.514 e. The van der Waals surface area contributed by atoms with Crippen molar-refractivity contribution in [2.75, 3.05) is 5.73 Å². The molecule has 3 aromatic rings. The van der Waals surface area contributed by atoms with E-state index < -0.39 is 12.1 Å². The van der Waals surface area contributed by atoms with E-state index in [1.54, 1.807) is 0 Å². The van der Waals surface area contributed by atoms with Crippen molar-refractivity contribution >= 4 is 17.8 Å². The molecule has 0 spiro atoms. The van der Waals surface area contributed by atoms with Gasteiger partial charge in [-0.15, -0.1) is 0 Å². The second-order valence-electron chi connectivity index (χ2n) is 5.94. The Hall–Kier alpha value is -3.80. The summed E-state index contributed by atoms with van der Waals surface area (Å²) < 4.78 is 15.6. The van der Waals surface area contributed by atoms with Gasteiger partial charge in [-0.3, -0.25) is 0 Å². The molecule has 0 radical (unpaired) electrons. The van der Waals surface area contributed by atoms with E-state index >= 15 is 0 Å². The zero-order chi connectivity index (χ0) is 19.8. The Bertz CT molecular complexity index is 942. The summed E-state index contributed by atoms with van der Waals surface area (Å²) in [5, 5.41) is 0. The Morgan fingerprint density at radius 1 is 0.750 bits per heavy atom. The van der Waals surface area contributed by atoms with E-state index in [4.69, 9.17) is 19.9 Å². The fourth-order valence-corrected chi connectivity index (χ4v) is 2.43. The molecule has 142 valence electrons. The van der Waals surface area contributed by atoms with Crippen molar-refractivity contribution in [3.63, 3.8) is 0 Å². The van der Waals surface area contributed by atoms with Crippen molar-refractivity contribution in [1.29, 1.82) is 0 Å². The molecule has 28 heavy (non-hydrogen) atoms. The first-order chi connectivity index (χ1) is 13.6. The highest BCUT2D eigenvalue weighted by Gasteiger charge is 2.18. The van der Waals surface area contributed by atoms with E-state index in [2.05, 4.69) is 0 Å². The molecular formula is C22H19NO5. The molecule has 0 amide bonds. The lowest BCUT2D eigenvalue weighted by Crippen LogP contribution is -2.14. The highest BCUT2D eigenvalue weighted by atomic mass is 16.7. The molecule has 0 saturated heterocycles. The number of carbonyl (C=O) groups is 2. The molecule has 0 bridgehead atoms. The predicted molar refractivity (Wildman–Crippen MR) is 104 cm³/mol. The number of hydrogen-bond acceptors (Lipinski definition) is 6. The first kappa shape index (κ1) is 19.0. The van der Waals surface area contributed by atoms with Crippen molar-refractivity contribution < 1.29 is 23.8 Å². The van der Waals surface area contributed by atoms with Gasteiger partial charge in [0.1, 0.15) is 24.5 Å². The van der Waals surface area contributed by atoms with Crippen molar-refractivity contribution in [3.8, 4) is 5.75 Å². The van der Waals surface area contributed by atoms with Crippen LogP contribution in [0.2, 0.25) is 0 Å². The SMILES string of the molecule is Nc1ccc(OC(=O)OCc2ccccc2)c(C(=O)OCc2ccccc2)c1. The van der Waals surface area contributed by atoms with Gasteiger partial charge in [0.05, 0.1) is 0 Å². The molecule has 0 aliphatic heterocycles. The van der Waals surface area contributed by atoms with Gasteiger partial charge >= 0.3 is 12.1 Å². The summed E-state index contributed by atoms with van der Waals surface area (Å²) in [5.41, 5.74) is 7.81. The molecule has 0 saturated carbocycles. The molecule has 0 heterocycles. The Kier molecular flexibility index (Phi) is 6.25. The number of nitrogen functional groups attached to an aromatic ring is 1. The van der Waals surface area contributed by atoms with Crippen molar-refractivity contribution in [3.05, 3.63) is 95.6 Å². The fourth-order valence-electron chi connectivity index (χ4n) is 2.43. The number of carbonyl (C=O) groups excluding carboxylic acids is 2. The topological polar surface area (TPSA) is 87.9 Å². The average molecular weight is 377 g/mol. The van der Waals surface area contributed by atoms with Crippen LogP contribution >= 0.6 is 0 Å². The van der Waals surface area contributed by atoms with Crippen LogP contribution in [-0.4, -0.2) is 12.1 Å². The van der Waals surface area contributed by atoms with E-state index in [0.717, 1.165) is 11.1 Å². The van der Waals surface area contributed by atoms with Crippen molar-refractivity contribution in [1.82, 2.24) is 0 Å². The molecule has 0 aliphatic rings. The van der Waals surface area contributed by atoms with E-state index in [1.165, 1.54) is 18.2 Å². The normalized spacial score (nSPS) is 10.1. The maximum atomic E-state index is 12.4. The van der Waals surface area contributed by atoms with Gasteiger partial charge in [0.25, 0.3) is 0 Å². The van der Waals surface area contributed by atoms with Crippen LogP contribution in [0.5, 0.6) is 5.75 Å². The molecule has 0 aliphatic carbocycles. The number of hydrogen-bond donors (Lipinski definition) is 1. The second-order valence-corrected chi connectivity index (χ2v) is 5.94. The van der Waals surface area contributed by atoms with E-state index in [-0.39, 0.29) is 24.5 Å². The Morgan fingerprint density at radius 2 is 1.32 bits per heavy atom. The summed E-state index contributed by atoms with van der Waals surface area (Å²) in [6.45, 7) is 0.148. The van der Waals surface area contributed by atoms with Gasteiger partial charge in [-0.25, -0.2) is 9.59 Å². The lowest BCUT2D eigenvalue weighted by molar-refractivity contribution is 0.0467. The molecule has 0 fully saturated rings. The third-order valence-electron chi connectivity index (χ3n) is 3.83. The third-order valence-corrected chi connectivity index (χ3v) is 3.83. The summed E-state index contributed by atoms with van der Waals surface area (Å²) in [5.74, 6) is -0.632. The highest BCUT2D eigenvalue weighted by Crippen LogP contribution is 2.23. The Morgan fingerprint density at radius 3 is 1.93 bits per heavy atom. The second kappa shape index (κ2) is 9.23. The molecule has 0 atom stereocenters. The maximum Gasteiger partial charge on any atom is 0.514 e. The number of ether oxygens (including phenoxy) is 3. The smallest absolute Gasteiger partial charge is 0.457 e. The molecule has 0 unspecified atom stereocenters. The van der Waals surface area contributed by atoms with E-state index in [1.807, 2.05) is 60.7 Å². The van der Waals surface area contributed by atoms with Crippen LogP contribution in [0.3, 0.4) is 0 Å². The maximum absolute atomic E-state index is 12.4. The molecule has 2 N–H and O–H groups in total. The highest BCUT2D eigenvalue weighted by molar-refractivity contribution is 5.94. The zero-order valence-corrected chi connectivity index (χ0v) is 15.0. The predicted octanol–water partition coefficient (Wildman–Crippen LogP) is 4.34. The molecule has 3 rings (SSSR count). The van der Waals surface area contributed by atoms with Crippen LogP contribution in [-0.2, 0) is 22.7 Å².